The minimum Gasteiger partial charge on any atom is -0.508 e. The number of halogens is 1. The summed E-state index contributed by atoms with van der Waals surface area (Å²) < 4.78 is 0.960. The molecule has 0 unspecified atom stereocenters. The fourth-order valence-corrected chi connectivity index (χ4v) is 2.12. The number of benzene rings is 2. The van der Waals surface area contributed by atoms with Crippen LogP contribution < -0.4 is 5.32 Å². The number of hydrogen-bond acceptors (Lipinski definition) is 2. The molecule has 2 rings (SSSR count). The van der Waals surface area contributed by atoms with Crippen molar-refractivity contribution < 1.29 is 9.90 Å². The molecule has 3 nitrogen and oxygen atoms in total. The number of phenols is 1. The highest BCUT2D eigenvalue weighted by Crippen LogP contribution is 2.11. The quantitative estimate of drug-likeness (QED) is 0.822. The minimum atomic E-state index is -0.0526. The first kappa shape index (κ1) is 14.6. The van der Waals surface area contributed by atoms with Crippen LogP contribution in [0.1, 0.15) is 22.3 Å². The van der Waals surface area contributed by atoms with Crippen LogP contribution in [0.5, 0.6) is 5.75 Å². The summed E-state index contributed by atoms with van der Waals surface area (Å²) >= 11 is 3.34. The highest BCUT2D eigenvalue weighted by Gasteiger charge is 2.04. The van der Waals surface area contributed by atoms with E-state index in [-0.39, 0.29) is 11.7 Å². The lowest BCUT2D eigenvalue weighted by Crippen LogP contribution is -2.24. The van der Waals surface area contributed by atoms with Crippen molar-refractivity contribution >= 4 is 21.8 Å². The van der Waals surface area contributed by atoms with E-state index in [9.17, 15) is 9.90 Å². The summed E-state index contributed by atoms with van der Waals surface area (Å²) in [5.74, 6) is 0.223. The molecule has 2 aromatic carbocycles. The lowest BCUT2D eigenvalue weighted by Gasteiger charge is -2.06. The molecule has 4 heteroatoms. The molecule has 2 aromatic rings. The Labute approximate surface area is 126 Å². The van der Waals surface area contributed by atoms with Crippen LogP contribution in [0.4, 0.5) is 0 Å². The first-order valence-corrected chi connectivity index (χ1v) is 7.26. The molecule has 0 radical (unpaired) electrons. The van der Waals surface area contributed by atoms with Crippen LogP contribution in [0, 0.1) is 0 Å². The summed E-state index contributed by atoms with van der Waals surface area (Å²) in [5.41, 5.74) is 1.82. The molecule has 0 aromatic heterocycles. The van der Waals surface area contributed by atoms with Crippen molar-refractivity contribution in [2.24, 2.45) is 0 Å². The molecule has 0 bridgehead atoms. The van der Waals surface area contributed by atoms with E-state index in [0.717, 1.165) is 22.9 Å². The standard InChI is InChI=1S/C16H16BrNO2/c17-14-7-5-13(6-8-14)16(20)18-11-1-2-12-3-9-15(19)10-4-12/h3-10,19H,1-2,11H2,(H,18,20). The molecule has 0 aliphatic heterocycles. The molecule has 0 aliphatic carbocycles. The third kappa shape index (κ3) is 4.38. The Hall–Kier alpha value is -1.81. The minimum absolute atomic E-state index is 0.0526. The highest BCUT2D eigenvalue weighted by molar-refractivity contribution is 9.10. The molecule has 0 saturated carbocycles. The molecular formula is C16H16BrNO2. The average molecular weight is 334 g/mol. The van der Waals surface area contributed by atoms with E-state index in [0.29, 0.717) is 12.1 Å². The van der Waals surface area contributed by atoms with E-state index in [1.165, 1.54) is 0 Å². The maximum absolute atomic E-state index is 11.9. The predicted octanol–water partition coefficient (Wildman–Crippen LogP) is 3.52. The summed E-state index contributed by atoms with van der Waals surface area (Å²) in [6.45, 7) is 0.635. The van der Waals surface area contributed by atoms with Crippen molar-refractivity contribution in [2.75, 3.05) is 6.54 Å². The zero-order valence-corrected chi connectivity index (χ0v) is 12.6. The first-order valence-electron chi connectivity index (χ1n) is 6.47. The molecule has 104 valence electrons. The summed E-state index contributed by atoms with van der Waals surface area (Å²) in [6.07, 6.45) is 1.74. The molecule has 0 spiro atoms. The van der Waals surface area contributed by atoms with Gasteiger partial charge in [0.15, 0.2) is 0 Å². The Balaban J connectivity index is 1.74. The van der Waals surface area contributed by atoms with Gasteiger partial charge in [0.2, 0.25) is 0 Å². The molecule has 0 heterocycles. The van der Waals surface area contributed by atoms with Gasteiger partial charge in [0.05, 0.1) is 0 Å². The normalized spacial score (nSPS) is 10.2. The van der Waals surface area contributed by atoms with Gasteiger partial charge in [0.25, 0.3) is 5.91 Å². The van der Waals surface area contributed by atoms with Crippen LogP contribution in [-0.2, 0) is 6.42 Å². The number of amides is 1. The van der Waals surface area contributed by atoms with Gasteiger partial charge in [-0.25, -0.2) is 0 Å². The SMILES string of the molecule is O=C(NCCCc1ccc(O)cc1)c1ccc(Br)cc1. The number of carbonyl (C=O) groups is 1. The van der Waals surface area contributed by atoms with E-state index in [4.69, 9.17) is 0 Å². The lowest BCUT2D eigenvalue weighted by atomic mass is 10.1. The van der Waals surface area contributed by atoms with E-state index in [1.54, 1.807) is 24.3 Å². The van der Waals surface area contributed by atoms with Crippen LogP contribution in [0.3, 0.4) is 0 Å². The van der Waals surface area contributed by atoms with Gasteiger partial charge in [-0.2, -0.15) is 0 Å². The second kappa shape index (κ2) is 7.10. The van der Waals surface area contributed by atoms with E-state index in [2.05, 4.69) is 21.2 Å². The first-order chi connectivity index (χ1) is 9.65. The van der Waals surface area contributed by atoms with Crippen LogP contribution in [-0.4, -0.2) is 17.6 Å². The number of aryl methyl sites for hydroxylation is 1. The smallest absolute Gasteiger partial charge is 0.251 e. The lowest BCUT2D eigenvalue weighted by molar-refractivity contribution is 0.0953. The second-order valence-electron chi connectivity index (χ2n) is 4.53. The maximum Gasteiger partial charge on any atom is 0.251 e. The van der Waals surface area contributed by atoms with Crippen molar-refractivity contribution in [3.63, 3.8) is 0 Å². The Kier molecular flexibility index (Phi) is 5.18. The zero-order valence-electron chi connectivity index (χ0n) is 11.0. The Morgan fingerprint density at radius 2 is 1.70 bits per heavy atom. The van der Waals surface area contributed by atoms with Crippen LogP contribution in [0.25, 0.3) is 0 Å². The number of aromatic hydroxyl groups is 1. The maximum atomic E-state index is 11.9. The second-order valence-corrected chi connectivity index (χ2v) is 5.45. The number of phenolic OH excluding ortho intramolecular Hbond substituents is 1. The number of rotatable bonds is 5. The summed E-state index contributed by atoms with van der Waals surface area (Å²) in [4.78, 5) is 11.9. The molecule has 0 fully saturated rings. The number of nitrogens with one attached hydrogen (secondary N) is 1. The fourth-order valence-electron chi connectivity index (χ4n) is 1.86. The van der Waals surface area contributed by atoms with E-state index in [1.807, 2.05) is 24.3 Å². The third-order valence-corrected chi connectivity index (χ3v) is 3.50. The van der Waals surface area contributed by atoms with Gasteiger partial charge in [-0.05, 0) is 54.8 Å². The molecule has 2 N–H and O–H groups in total. The molecule has 1 amide bonds. The van der Waals surface area contributed by atoms with Crippen LogP contribution in [0.2, 0.25) is 0 Å². The van der Waals surface area contributed by atoms with Crippen molar-refractivity contribution in [1.82, 2.24) is 5.32 Å². The van der Waals surface area contributed by atoms with Crippen molar-refractivity contribution in [3.8, 4) is 5.75 Å². The van der Waals surface area contributed by atoms with Gasteiger partial charge in [0.1, 0.15) is 5.75 Å². The van der Waals surface area contributed by atoms with Gasteiger partial charge in [-0.3, -0.25) is 4.79 Å². The molecule has 0 saturated heterocycles. The summed E-state index contributed by atoms with van der Waals surface area (Å²) in [7, 11) is 0. The number of hydrogen-bond donors (Lipinski definition) is 2. The number of carbonyl (C=O) groups excluding carboxylic acids is 1. The zero-order chi connectivity index (χ0) is 14.4. The largest absolute Gasteiger partial charge is 0.508 e. The summed E-state index contributed by atoms with van der Waals surface area (Å²) in [5, 5.41) is 12.1. The van der Waals surface area contributed by atoms with Crippen LogP contribution >= 0.6 is 15.9 Å². The Morgan fingerprint density at radius 1 is 1.05 bits per heavy atom. The van der Waals surface area contributed by atoms with E-state index >= 15 is 0 Å². The van der Waals surface area contributed by atoms with Gasteiger partial charge < -0.3 is 10.4 Å². The Morgan fingerprint density at radius 3 is 2.35 bits per heavy atom. The van der Waals surface area contributed by atoms with Gasteiger partial charge in [0, 0.05) is 16.6 Å². The van der Waals surface area contributed by atoms with Gasteiger partial charge in [-0.1, -0.05) is 28.1 Å². The van der Waals surface area contributed by atoms with Gasteiger partial charge in [-0.15, -0.1) is 0 Å². The highest BCUT2D eigenvalue weighted by atomic mass is 79.9. The monoisotopic (exact) mass is 333 g/mol. The average Bonchev–Trinajstić information content (AvgIpc) is 2.46. The summed E-state index contributed by atoms with van der Waals surface area (Å²) in [6, 6.07) is 14.4. The topological polar surface area (TPSA) is 49.3 Å². The molecule has 20 heavy (non-hydrogen) atoms. The van der Waals surface area contributed by atoms with Crippen molar-refractivity contribution in [1.29, 1.82) is 0 Å². The van der Waals surface area contributed by atoms with E-state index < -0.39 is 0 Å². The molecule has 0 atom stereocenters. The van der Waals surface area contributed by atoms with Crippen molar-refractivity contribution in [2.45, 2.75) is 12.8 Å². The fraction of sp³-hybridized carbons (Fsp3) is 0.188. The Bertz CT molecular complexity index is 564. The third-order valence-electron chi connectivity index (χ3n) is 2.97. The van der Waals surface area contributed by atoms with Gasteiger partial charge >= 0.3 is 0 Å². The van der Waals surface area contributed by atoms with Crippen LogP contribution in [0.15, 0.2) is 53.0 Å². The molecular weight excluding hydrogens is 318 g/mol. The van der Waals surface area contributed by atoms with Crippen molar-refractivity contribution in [3.05, 3.63) is 64.1 Å². The predicted molar refractivity (Wildman–Crippen MR) is 82.9 cm³/mol. The molecule has 0 aliphatic rings.